The van der Waals surface area contributed by atoms with Gasteiger partial charge in [-0.05, 0) is 12.1 Å². The fraction of sp³-hybridized carbons (Fsp3) is 0.125. The lowest BCUT2D eigenvalue weighted by molar-refractivity contribution is -0.114. The summed E-state index contributed by atoms with van der Waals surface area (Å²) in [5.41, 5.74) is 4.90. The quantitative estimate of drug-likeness (QED) is 0.640. The molecule has 0 saturated carbocycles. The van der Waals surface area contributed by atoms with Crippen molar-refractivity contribution in [1.29, 1.82) is 0 Å². The molecule has 1 aromatic rings. The van der Waals surface area contributed by atoms with Gasteiger partial charge in [-0.3, -0.25) is 10.1 Å². The molecule has 4 N–H and O–H groups in total. The van der Waals surface area contributed by atoms with Crippen molar-refractivity contribution in [1.82, 2.24) is 4.98 Å². The SMILES string of the molecule is CC(=O)Nc1cccc(NC(N)=O)n1. The molecular weight excluding hydrogens is 184 g/mol. The highest BCUT2D eigenvalue weighted by molar-refractivity contribution is 5.89. The molecule has 0 aliphatic heterocycles. The van der Waals surface area contributed by atoms with E-state index in [-0.39, 0.29) is 5.91 Å². The molecule has 0 aromatic carbocycles. The summed E-state index contributed by atoms with van der Waals surface area (Å²) in [6, 6.07) is 4.12. The molecule has 1 heterocycles. The Labute approximate surface area is 80.5 Å². The van der Waals surface area contributed by atoms with E-state index in [1.165, 1.54) is 6.92 Å². The van der Waals surface area contributed by atoms with Crippen LogP contribution in [0.3, 0.4) is 0 Å². The Morgan fingerprint density at radius 3 is 2.36 bits per heavy atom. The standard InChI is InChI=1S/C8H10N4O2/c1-5(13)10-6-3-2-4-7(11-6)12-8(9)14/h2-4H,1H3,(H4,9,10,11,12,13,14). The third-order valence-electron chi connectivity index (χ3n) is 1.30. The molecule has 74 valence electrons. The van der Waals surface area contributed by atoms with Crippen molar-refractivity contribution in [3.8, 4) is 0 Å². The summed E-state index contributed by atoms with van der Waals surface area (Å²) >= 11 is 0. The molecule has 0 fully saturated rings. The Balaban J connectivity index is 2.78. The lowest BCUT2D eigenvalue weighted by Gasteiger charge is -2.03. The number of carbonyl (C=O) groups is 2. The van der Waals surface area contributed by atoms with Gasteiger partial charge in [0.1, 0.15) is 11.6 Å². The number of amides is 3. The maximum atomic E-state index is 10.7. The molecule has 14 heavy (non-hydrogen) atoms. The number of anilines is 2. The van der Waals surface area contributed by atoms with Crippen molar-refractivity contribution in [3.63, 3.8) is 0 Å². The molecule has 1 aromatic heterocycles. The van der Waals surface area contributed by atoms with E-state index < -0.39 is 6.03 Å². The van der Waals surface area contributed by atoms with E-state index in [9.17, 15) is 9.59 Å². The number of hydrogen-bond donors (Lipinski definition) is 3. The fourth-order valence-corrected chi connectivity index (χ4v) is 0.881. The number of aromatic nitrogens is 1. The minimum atomic E-state index is -0.697. The fourth-order valence-electron chi connectivity index (χ4n) is 0.881. The highest BCUT2D eigenvalue weighted by Gasteiger charge is 2.00. The minimum Gasteiger partial charge on any atom is -0.351 e. The Kier molecular flexibility index (Phi) is 3.01. The zero-order valence-corrected chi connectivity index (χ0v) is 7.57. The smallest absolute Gasteiger partial charge is 0.317 e. The van der Waals surface area contributed by atoms with E-state index in [1.807, 2.05) is 0 Å². The van der Waals surface area contributed by atoms with Crippen molar-refractivity contribution >= 4 is 23.6 Å². The van der Waals surface area contributed by atoms with Crippen LogP contribution in [0.2, 0.25) is 0 Å². The molecule has 0 spiro atoms. The predicted molar refractivity (Wildman–Crippen MR) is 51.7 cm³/mol. The van der Waals surface area contributed by atoms with Crippen LogP contribution in [-0.4, -0.2) is 16.9 Å². The Morgan fingerprint density at radius 1 is 1.29 bits per heavy atom. The number of rotatable bonds is 2. The van der Waals surface area contributed by atoms with Gasteiger partial charge in [-0.2, -0.15) is 0 Å². The molecule has 3 amide bonds. The van der Waals surface area contributed by atoms with Gasteiger partial charge in [0.05, 0.1) is 0 Å². The number of pyridine rings is 1. The summed E-state index contributed by atoms with van der Waals surface area (Å²) in [5, 5.41) is 4.77. The molecule has 6 heteroatoms. The Bertz CT molecular complexity index is 333. The molecule has 0 saturated heterocycles. The van der Waals surface area contributed by atoms with Crippen molar-refractivity contribution in [2.24, 2.45) is 5.73 Å². The maximum absolute atomic E-state index is 10.7. The van der Waals surface area contributed by atoms with Crippen LogP contribution in [0.1, 0.15) is 6.92 Å². The van der Waals surface area contributed by atoms with Gasteiger partial charge in [-0.1, -0.05) is 6.07 Å². The van der Waals surface area contributed by atoms with Gasteiger partial charge in [0.2, 0.25) is 5.91 Å². The maximum Gasteiger partial charge on any atom is 0.317 e. The van der Waals surface area contributed by atoms with Crippen LogP contribution in [0.15, 0.2) is 18.2 Å². The first-order valence-corrected chi connectivity index (χ1v) is 3.89. The van der Waals surface area contributed by atoms with E-state index in [2.05, 4.69) is 15.6 Å². The second kappa shape index (κ2) is 4.22. The lowest BCUT2D eigenvalue weighted by atomic mass is 10.4. The summed E-state index contributed by atoms with van der Waals surface area (Å²) in [6.45, 7) is 1.37. The molecular formula is C8H10N4O2. The van der Waals surface area contributed by atoms with Gasteiger partial charge < -0.3 is 11.1 Å². The van der Waals surface area contributed by atoms with Crippen LogP contribution in [0.4, 0.5) is 16.4 Å². The first-order chi connectivity index (χ1) is 6.58. The topological polar surface area (TPSA) is 97.1 Å². The van der Waals surface area contributed by atoms with Gasteiger partial charge in [-0.25, -0.2) is 9.78 Å². The molecule has 0 aliphatic carbocycles. The monoisotopic (exact) mass is 194 g/mol. The van der Waals surface area contributed by atoms with Gasteiger partial charge in [0.15, 0.2) is 0 Å². The van der Waals surface area contributed by atoms with Crippen molar-refractivity contribution in [2.45, 2.75) is 6.92 Å². The normalized spacial score (nSPS) is 9.21. The molecule has 0 unspecified atom stereocenters. The number of nitrogens with two attached hydrogens (primary N) is 1. The van der Waals surface area contributed by atoms with Crippen LogP contribution in [0.5, 0.6) is 0 Å². The largest absolute Gasteiger partial charge is 0.351 e. The average molecular weight is 194 g/mol. The summed E-state index contributed by atoms with van der Waals surface area (Å²) in [4.78, 5) is 25.1. The second-order valence-electron chi connectivity index (χ2n) is 2.58. The zero-order chi connectivity index (χ0) is 10.6. The molecule has 0 bridgehead atoms. The number of carbonyl (C=O) groups excluding carboxylic acids is 2. The van der Waals surface area contributed by atoms with Crippen LogP contribution in [0.25, 0.3) is 0 Å². The minimum absolute atomic E-state index is 0.228. The van der Waals surface area contributed by atoms with Crippen LogP contribution < -0.4 is 16.4 Å². The number of hydrogen-bond acceptors (Lipinski definition) is 3. The van der Waals surface area contributed by atoms with E-state index >= 15 is 0 Å². The van der Waals surface area contributed by atoms with Crippen molar-refractivity contribution in [3.05, 3.63) is 18.2 Å². The van der Waals surface area contributed by atoms with Gasteiger partial charge in [0.25, 0.3) is 0 Å². The van der Waals surface area contributed by atoms with Crippen molar-refractivity contribution < 1.29 is 9.59 Å². The van der Waals surface area contributed by atoms with Crippen LogP contribution >= 0.6 is 0 Å². The zero-order valence-electron chi connectivity index (χ0n) is 7.57. The van der Waals surface area contributed by atoms with Crippen molar-refractivity contribution in [2.75, 3.05) is 10.6 Å². The van der Waals surface area contributed by atoms with E-state index in [0.717, 1.165) is 0 Å². The highest BCUT2D eigenvalue weighted by Crippen LogP contribution is 2.08. The third kappa shape index (κ3) is 3.10. The summed E-state index contributed by atoms with van der Waals surface area (Å²) < 4.78 is 0. The van der Waals surface area contributed by atoms with Gasteiger partial charge >= 0.3 is 6.03 Å². The number of nitrogens with zero attached hydrogens (tertiary/aromatic N) is 1. The Hall–Kier alpha value is -2.11. The third-order valence-corrected chi connectivity index (χ3v) is 1.30. The second-order valence-corrected chi connectivity index (χ2v) is 2.58. The first kappa shape index (κ1) is 9.97. The summed E-state index contributed by atoms with van der Waals surface area (Å²) in [6.07, 6.45) is 0. The molecule has 6 nitrogen and oxygen atoms in total. The predicted octanol–water partition coefficient (Wildman–Crippen LogP) is 0.531. The average Bonchev–Trinajstić information content (AvgIpc) is 2.01. The van der Waals surface area contributed by atoms with E-state index in [1.54, 1.807) is 18.2 Å². The first-order valence-electron chi connectivity index (χ1n) is 3.89. The van der Waals surface area contributed by atoms with Crippen LogP contribution in [0, 0.1) is 0 Å². The van der Waals surface area contributed by atoms with Gasteiger partial charge in [0, 0.05) is 6.92 Å². The molecule has 0 aliphatic rings. The molecule has 0 radical (unpaired) electrons. The highest BCUT2D eigenvalue weighted by atomic mass is 16.2. The van der Waals surface area contributed by atoms with E-state index in [0.29, 0.717) is 11.6 Å². The van der Waals surface area contributed by atoms with Crippen LogP contribution in [-0.2, 0) is 4.79 Å². The number of primary amides is 1. The number of nitrogens with one attached hydrogen (secondary N) is 2. The van der Waals surface area contributed by atoms with Gasteiger partial charge in [-0.15, -0.1) is 0 Å². The van der Waals surface area contributed by atoms with E-state index in [4.69, 9.17) is 5.73 Å². The molecule has 0 atom stereocenters. The Morgan fingerprint density at radius 2 is 1.86 bits per heavy atom. The number of urea groups is 1. The summed E-state index contributed by atoms with van der Waals surface area (Å²) in [5.74, 6) is 0.432. The summed E-state index contributed by atoms with van der Waals surface area (Å²) in [7, 11) is 0. The lowest BCUT2D eigenvalue weighted by Crippen LogP contribution is -2.20. The molecule has 1 rings (SSSR count).